The Bertz CT molecular complexity index is 338. The standard InChI is InChI=1S/C11H13BrFNO/c12-9-3-8(4-10(13)5-9)6-14-2-1-11(15)7-14/h3-5,11,15H,1-2,6-7H2/t11-/m0/s1. The van der Waals surface area contributed by atoms with Gasteiger partial charge in [0.15, 0.2) is 0 Å². The minimum absolute atomic E-state index is 0.220. The van der Waals surface area contributed by atoms with Crippen LogP contribution < -0.4 is 0 Å². The van der Waals surface area contributed by atoms with E-state index in [1.165, 1.54) is 12.1 Å². The van der Waals surface area contributed by atoms with Crippen LogP contribution in [0.4, 0.5) is 4.39 Å². The molecule has 0 saturated carbocycles. The second kappa shape index (κ2) is 4.60. The van der Waals surface area contributed by atoms with E-state index in [1.807, 2.05) is 6.07 Å². The molecule has 2 nitrogen and oxygen atoms in total. The third kappa shape index (κ3) is 3.00. The molecule has 4 heteroatoms. The molecule has 0 unspecified atom stereocenters. The van der Waals surface area contributed by atoms with Crippen molar-refractivity contribution in [2.45, 2.75) is 19.1 Å². The van der Waals surface area contributed by atoms with Gasteiger partial charge in [0.1, 0.15) is 5.82 Å². The van der Waals surface area contributed by atoms with Crippen LogP contribution in [0.25, 0.3) is 0 Å². The van der Waals surface area contributed by atoms with Crippen LogP contribution in [-0.2, 0) is 6.54 Å². The lowest BCUT2D eigenvalue weighted by molar-refractivity contribution is 0.175. The molecule has 1 saturated heterocycles. The summed E-state index contributed by atoms with van der Waals surface area (Å²) in [5, 5.41) is 9.36. The smallest absolute Gasteiger partial charge is 0.124 e. The summed E-state index contributed by atoms with van der Waals surface area (Å²) in [5.74, 6) is -0.223. The molecule has 0 radical (unpaired) electrons. The molecule has 1 aromatic rings. The van der Waals surface area contributed by atoms with Crippen LogP contribution in [0.3, 0.4) is 0 Å². The first-order valence-electron chi connectivity index (χ1n) is 4.99. The maximum absolute atomic E-state index is 13.1. The van der Waals surface area contributed by atoms with Crippen molar-refractivity contribution in [1.29, 1.82) is 0 Å². The zero-order chi connectivity index (χ0) is 10.8. The predicted octanol–water partition coefficient (Wildman–Crippen LogP) is 2.15. The number of aliphatic hydroxyl groups excluding tert-OH is 1. The predicted molar refractivity (Wildman–Crippen MR) is 60.0 cm³/mol. The Kier molecular flexibility index (Phi) is 3.38. The first kappa shape index (κ1) is 11.0. The lowest BCUT2D eigenvalue weighted by atomic mass is 10.2. The average molecular weight is 274 g/mol. The van der Waals surface area contributed by atoms with Crippen LogP contribution >= 0.6 is 15.9 Å². The van der Waals surface area contributed by atoms with E-state index < -0.39 is 0 Å². The fraction of sp³-hybridized carbons (Fsp3) is 0.455. The summed E-state index contributed by atoms with van der Waals surface area (Å²) in [6.45, 7) is 2.27. The molecule has 1 N–H and O–H groups in total. The number of hydrogen-bond acceptors (Lipinski definition) is 2. The van der Waals surface area contributed by atoms with Crippen molar-refractivity contribution in [3.63, 3.8) is 0 Å². The second-order valence-electron chi connectivity index (χ2n) is 3.96. The van der Waals surface area contributed by atoms with Gasteiger partial charge in [0.2, 0.25) is 0 Å². The summed E-state index contributed by atoms with van der Waals surface area (Å²) in [6.07, 6.45) is 0.596. The van der Waals surface area contributed by atoms with Crippen molar-refractivity contribution >= 4 is 15.9 Å². The molecule has 1 fully saturated rings. The largest absolute Gasteiger partial charge is 0.392 e. The zero-order valence-corrected chi connectivity index (χ0v) is 9.87. The van der Waals surface area contributed by atoms with Gasteiger partial charge < -0.3 is 5.11 Å². The van der Waals surface area contributed by atoms with E-state index in [2.05, 4.69) is 20.8 Å². The number of hydrogen-bond donors (Lipinski definition) is 1. The third-order valence-electron chi connectivity index (χ3n) is 2.58. The highest BCUT2D eigenvalue weighted by molar-refractivity contribution is 9.10. The van der Waals surface area contributed by atoms with Gasteiger partial charge in [-0.3, -0.25) is 4.90 Å². The molecule has 1 heterocycles. The molecule has 2 rings (SSSR count). The van der Waals surface area contributed by atoms with E-state index in [-0.39, 0.29) is 11.9 Å². The van der Waals surface area contributed by atoms with Gasteiger partial charge in [-0.05, 0) is 30.2 Å². The van der Waals surface area contributed by atoms with Crippen molar-refractivity contribution in [1.82, 2.24) is 4.90 Å². The molecule has 82 valence electrons. The number of likely N-dealkylation sites (tertiary alicyclic amines) is 1. The van der Waals surface area contributed by atoms with Crippen molar-refractivity contribution in [2.75, 3.05) is 13.1 Å². The van der Waals surface area contributed by atoms with Gasteiger partial charge in [0.05, 0.1) is 6.10 Å². The molecule has 0 aromatic heterocycles. The Morgan fingerprint density at radius 2 is 2.27 bits per heavy atom. The van der Waals surface area contributed by atoms with E-state index in [1.54, 1.807) is 0 Å². The lowest BCUT2D eigenvalue weighted by Crippen LogP contribution is -2.21. The normalized spacial score (nSPS) is 22.2. The minimum Gasteiger partial charge on any atom is -0.392 e. The van der Waals surface area contributed by atoms with Crippen LogP contribution in [0.15, 0.2) is 22.7 Å². The van der Waals surface area contributed by atoms with E-state index in [0.29, 0.717) is 13.1 Å². The maximum Gasteiger partial charge on any atom is 0.124 e. The molecule has 1 aliphatic heterocycles. The fourth-order valence-electron chi connectivity index (χ4n) is 1.92. The van der Waals surface area contributed by atoms with Gasteiger partial charge >= 0.3 is 0 Å². The summed E-state index contributed by atoms with van der Waals surface area (Å²) >= 11 is 3.27. The third-order valence-corrected chi connectivity index (χ3v) is 3.03. The summed E-state index contributed by atoms with van der Waals surface area (Å²) in [7, 11) is 0. The molecule has 1 atom stereocenters. The highest BCUT2D eigenvalue weighted by Crippen LogP contribution is 2.18. The molecule has 1 aliphatic rings. The number of halogens is 2. The Morgan fingerprint density at radius 3 is 2.87 bits per heavy atom. The number of nitrogens with zero attached hydrogens (tertiary/aromatic N) is 1. The molecule has 0 spiro atoms. The molecular weight excluding hydrogens is 261 g/mol. The van der Waals surface area contributed by atoms with E-state index in [9.17, 15) is 9.50 Å². The van der Waals surface area contributed by atoms with E-state index >= 15 is 0 Å². The first-order valence-corrected chi connectivity index (χ1v) is 5.78. The summed E-state index contributed by atoms with van der Waals surface area (Å²) in [6, 6.07) is 4.89. The van der Waals surface area contributed by atoms with Gasteiger partial charge in [-0.2, -0.15) is 0 Å². The molecule has 0 amide bonds. The fourth-order valence-corrected chi connectivity index (χ4v) is 2.43. The topological polar surface area (TPSA) is 23.5 Å². The average Bonchev–Trinajstić information content (AvgIpc) is 2.49. The molecule has 0 bridgehead atoms. The summed E-state index contributed by atoms with van der Waals surface area (Å²) in [4.78, 5) is 2.13. The Balaban J connectivity index is 2.04. The molecule has 15 heavy (non-hydrogen) atoms. The quantitative estimate of drug-likeness (QED) is 0.893. The van der Waals surface area contributed by atoms with Gasteiger partial charge in [0, 0.05) is 24.1 Å². The zero-order valence-electron chi connectivity index (χ0n) is 8.29. The lowest BCUT2D eigenvalue weighted by Gasteiger charge is -2.14. The van der Waals surface area contributed by atoms with Crippen molar-refractivity contribution < 1.29 is 9.50 Å². The van der Waals surface area contributed by atoms with Crippen LogP contribution in [0.1, 0.15) is 12.0 Å². The highest BCUT2D eigenvalue weighted by atomic mass is 79.9. The number of rotatable bonds is 2. The van der Waals surface area contributed by atoms with Gasteiger partial charge in [0.25, 0.3) is 0 Å². The summed E-state index contributed by atoms with van der Waals surface area (Å²) in [5.41, 5.74) is 0.941. The van der Waals surface area contributed by atoms with Crippen molar-refractivity contribution in [3.05, 3.63) is 34.1 Å². The monoisotopic (exact) mass is 273 g/mol. The Labute approximate surface area is 96.8 Å². The van der Waals surface area contributed by atoms with E-state index in [4.69, 9.17) is 0 Å². The second-order valence-corrected chi connectivity index (χ2v) is 4.87. The number of benzene rings is 1. The first-order chi connectivity index (χ1) is 7.13. The molecular formula is C11H13BrFNO. The van der Waals surface area contributed by atoms with Crippen molar-refractivity contribution in [2.24, 2.45) is 0 Å². The number of aliphatic hydroxyl groups is 1. The van der Waals surface area contributed by atoms with Gasteiger partial charge in [-0.15, -0.1) is 0 Å². The van der Waals surface area contributed by atoms with Gasteiger partial charge in [-0.25, -0.2) is 4.39 Å². The molecule has 0 aliphatic carbocycles. The highest BCUT2D eigenvalue weighted by Gasteiger charge is 2.20. The van der Waals surface area contributed by atoms with Crippen LogP contribution in [0.2, 0.25) is 0 Å². The number of β-amino-alcohol motifs (C(OH)–C–C–N with tert-alkyl or cyclic N) is 1. The molecule has 1 aromatic carbocycles. The van der Waals surface area contributed by atoms with Crippen LogP contribution in [0.5, 0.6) is 0 Å². The van der Waals surface area contributed by atoms with Crippen LogP contribution in [0, 0.1) is 5.82 Å². The van der Waals surface area contributed by atoms with E-state index in [0.717, 1.165) is 23.0 Å². The van der Waals surface area contributed by atoms with Crippen molar-refractivity contribution in [3.8, 4) is 0 Å². The summed E-state index contributed by atoms with van der Waals surface area (Å²) < 4.78 is 13.8. The van der Waals surface area contributed by atoms with Gasteiger partial charge in [-0.1, -0.05) is 15.9 Å². The Hall–Kier alpha value is -0.450. The van der Waals surface area contributed by atoms with Crippen LogP contribution in [-0.4, -0.2) is 29.2 Å². The SMILES string of the molecule is O[C@H]1CCN(Cc2cc(F)cc(Br)c2)C1. The maximum atomic E-state index is 13.1. The minimum atomic E-state index is -0.223. The Morgan fingerprint density at radius 1 is 1.47 bits per heavy atom.